The van der Waals surface area contributed by atoms with Gasteiger partial charge in [-0.25, -0.2) is 9.97 Å². The summed E-state index contributed by atoms with van der Waals surface area (Å²) < 4.78 is 17.5. The van der Waals surface area contributed by atoms with Crippen molar-refractivity contribution in [3.8, 4) is 0 Å². The third-order valence-corrected chi connectivity index (χ3v) is 5.82. The Bertz CT molecular complexity index is 1120. The minimum atomic E-state index is -1.35. The van der Waals surface area contributed by atoms with Crippen LogP contribution in [0.3, 0.4) is 0 Å². The molecule has 3 heterocycles. The third-order valence-electron chi connectivity index (χ3n) is 5.12. The predicted molar refractivity (Wildman–Crippen MR) is 132 cm³/mol. The second-order valence-corrected chi connectivity index (χ2v) is 8.84. The summed E-state index contributed by atoms with van der Waals surface area (Å²) in [7, 11) is -1.35. The summed E-state index contributed by atoms with van der Waals surface area (Å²) in [6.45, 7) is 4.05. The van der Waals surface area contributed by atoms with E-state index < -0.39 is 10.8 Å². The van der Waals surface area contributed by atoms with Crippen molar-refractivity contribution < 1.29 is 13.7 Å². The molecule has 0 saturated carbocycles. The van der Waals surface area contributed by atoms with Gasteiger partial charge in [-0.1, -0.05) is 0 Å². The lowest BCUT2D eigenvalue weighted by molar-refractivity contribution is 0.0954. The molecular weight excluding hydrogens is 454 g/mol. The zero-order valence-electron chi connectivity index (χ0n) is 18.9. The number of carbonyl (C=O) groups is 1. The molecule has 0 bridgehead atoms. The smallest absolute Gasteiger partial charge is 0.252 e. The van der Waals surface area contributed by atoms with Gasteiger partial charge in [0.1, 0.15) is 11.6 Å². The maximum absolute atomic E-state index is 12.1. The Kier molecular flexibility index (Phi) is 7.99. The number of carbonyl (C=O) groups excluding carboxylic acids is 1. The monoisotopic (exact) mass is 481 g/mol. The first-order valence-electron chi connectivity index (χ1n) is 10.9. The van der Waals surface area contributed by atoms with Crippen LogP contribution in [0.5, 0.6) is 0 Å². The molecule has 1 saturated heterocycles. The van der Waals surface area contributed by atoms with Gasteiger partial charge in [0.15, 0.2) is 0 Å². The third kappa shape index (κ3) is 6.49. The Morgan fingerprint density at radius 3 is 2.56 bits per heavy atom. The van der Waals surface area contributed by atoms with Crippen LogP contribution in [-0.2, 0) is 15.5 Å². The fraction of sp³-hybridized carbons (Fsp3) is 0.304. The number of hydrogen-bond donors (Lipinski definition) is 3. The number of anilines is 4. The van der Waals surface area contributed by atoms with Crippen LogP contribution in [0.1, 0.15) is 10.4 Å². The molecule has 178 valence electrons. The number of nitrogens with zero attached hydrogens (tertiary/aromatic N) is 4. The Hall–Kier alpha value is -3.57. The van der Waals surface area contributed by atoms with Crippen LogP contribution < -0.4 is 20.9 Å². The minimum absolute atomic E-state index is 0.198. The number of nitrogens with one attached hydrogen (secondary N) is 3. The molecule has 1 aliphatic heterocycles. The lowest BCUT2D eigenvalue weighted by Crippen LogP contribution is -2.36. The highest BCUT2D eigenvalue weighted by molar-refractivity contribution is 7.84. The SMILES string of the molecule is CS(=O)c1nc(NCCNC(=O)c2cccnc2)cc(Nc2ccc(N3CCOCC3)cc2)n1. The van der Waals surface area contributed by atoms with E-state index in [9.17, 15) is 9.00 Å². The molecule has 3 aromatic rings. The number of pyridine rings is 1. The van der Waals surface area contributed by atoms with E-state index in [0.717, 1.165) is 37.7 Å². The van der Waals surface area contributed by atoms with Crippen molar-refractivity contribution >= 4 is 39.7 Å². The number of amides is 1. The summed E-state index contributed by atoms with van der Waals surface area (Å²) >= 11 is 0. The maximum Gasteiger partial charge on any atom is 0.252 e. The Balaban J connectivity index is 1.36. The van der Waals surface area contributed by atoms with E-state index in [-0.39, 0.29) is 11.1 Å². The number of hydrogen-bond acceptors (Lipinski definition) is 9. The first-order chi connectivity index (χ1) is 16.6. The zero-order valence-corrected chi connectivity index (χ0v) is 19.7. The zero-order chi connectivity index (χ0) is 23.8. The normalized spacial score (nSPS) is 14.3. The number of aromatic nitrogens is 3. The molecule has 1 atom stereocenters. The van der Waals surface area contributed by atoms with E-state index >= 15 is 0 Å². The Morgan fingerprint density at radius 2 is 1.85 bits per heavy atom. The van der Waals surface area contributed by atoms with E-state index in [4.69, 9.17) is 4.74 Å². The lowest BCUT2D eigenvalue weighted by Gasteiger charge is -2.28. The highest BCUT2D eigenvalue weighted by Gasteiger charge is 2.12. The van der Waals surface area contributed by atoms with E-state index in [1.807, 2.05) is 12.1 Å². The van der Waals surface area contributed by atoms with Crippen LogP contribution in [0.25, 0.3) is 0 Å². The fourth-order valence-electron chi connectivity index (χ4n) is 3.40. The standard InChI is InChI=1S/C23H27N7O3S/c1-34(32)23-28-20(25-9-10-26-22(31)17-3-2-8-24-16-17)15-21(29-23)27-18-4-6-19(7-5-18)30-11-13-33-14-12-30/h2-8,15-16H,9-14H2,1H3,(H,26,31)(H2,25,27,28,29). The topological polar surface area (TPSA) is 121 Å². The highest BCUT2D eigenvalue weighted by atomic mass is 32.2. The second kappa shape index (κ2) is 11.5. The van der Waals surface area contributed by atoms with Gasteiger partial charge >= 0.3 is 0 Å². The fourth-order valence-corrected chi connectivity index (χ4v) is 3.85. The van der Waals surface area contributed by atoms with Crippen molar-refractivity contribution in [2.75, 3.05) is 61.2 Å². The van der Waals surface area contributed by atoms with Gasteiger partial charge in [-0.2, -0.15) is 0 Å². The van der Waals surface area contributed by atoms with E-state index in [1.54, 1.807) is 24.4 Å². The van der Waals surface area contributed by atoms with E-state index in [0.29, 0.717) is 30.3 Å². The van der Waals surface area contributed by atoms with Crippen LogP contribution in [0.2, 0.25) is 0 Å². The summed E-state index contributed by atoms with van der Waals surface area (Å²) in [5.74, 6) is 0.848. The van der Waals surface area contributed by atoms with Crippen molar-refractivity contribution in [2.45, 2.75) is 5.16 Å². The molecule has 10 nitrogen and oxygen atoms in total. The van der Waals surface area contributed by atoms with Gasteiger partial charge in [0, 0.05) is 62.3 Å². The maximum atomic E-state index is 12.1. The molecular formula is C23H27N7O3S. The molecule has 2 aromatic heterocycles. The summed E-state index contributed by atoms with van der Waals surface area (Å²) in [6.07, 6.45) is 4.67. The van der Waals surface area contributed by atoms with Crippen LogP contribution in [0, 0.1) is 0 Å². The first kappa shape index (κ1) is 23.6. The second-order valence-electron chi connectivity index (χ2n) is 7.57. The van der Waals surface area contributed by atoms with Crippen LogP contribution >= 0.6 is 0 Å². The minimum Gasteiger partial charge on any atom is -0.378 e. The number of benzene rings is 1. The number of morpholine rings is 1. The van der Waals surface area contributed by atoms with Gasteiger partial charge in [-0.3, -0.25) is 14.0 Å². The van der Waals surface area contributed by atoms with Gasteiger partial charge in [0.2, 0.25) is 5.16 Å². The van der Waals surface area contributed by atoms with Gasteiger partial charge in [-0.15, -0.1) is 0 Å². The molecule has 34 heavy (non-hydrogen) atoms. The molecule has 3 N–H and O–H groups in total. The molecule has 1 aliphatic rings. The van der Waals surface area contributed by atoms with Crippen molar-refractivity contribution in [3.05, 3.63) is 60.4 Å². The lowest BCUT2D eigenvalue weighted by atomic mass is 10.2. The van der Waals surface area contributed by atoms with Crippen molar-refractivity contribution in [1.82, 2.24) is 20.3 Å². The predicted octanol–water partition coefficient (Wildman–Crippen LogP) is 2.03. The molecule has 1 fully saturated rings. The molecule has 0 radical (unpaired) electrons. The summed E-state index contributed by atoms with van der Waals surface area (Å²) in [4.78, 5) is 27.0. The van der Waals surface area contributed by atoms with Gasteiger partial charge in [0.05, 0.1) is 29.6 Å². The quantitative estimate of drug-likeness (QED) is 0.311. The largest absolute Gasteiger partial charge is 0.378 e. The van der Waals surface area contributed by atoms with Gasteiger partial charge in [0.25, 0.3) is 5.91 Å². The van der Waals surface area contributed by atoms with Gasteiger partial charge < -0.3 is 25.6 Å². The number of ether oxygens (including phenoxy) is 1. The molecule has 0 aliphatic carbocycles. The highest BCUT2D eigenvalue weighted by Crippen LogP contribution is 2.22. The van der Waals surface area contributed by atoms with E-state index in [1.165, 1.54) is 12.5 Å². The van der Waals surface area contributed by atoms with Crippen molar-refractivity contribution in [2.24, 2.45) is 0 Å². The molecule has 11 heteroatoms. The Morgan fingerprint density at radius 1 is 1.09 bits per heavy atom. The molecule has 1 aromatic carbocycles. The van der Waals surface area contributed by atoms with Crippen molar-refractivity contribution in [1.29, 1.82) is 0 Å². The van der Waals surface area contributed by atoms with Crippen LogP contribution in [0.4, 0.5) is 23.0 Å². The summed E-state index contributed by atoms with van der Waals surface area (Å²) in [5.41, 5.74) is 2.50. The average Bonchev–Trinajstić information content (AvgIpc) is 2.88. The summed E-state index contributed by atoms with van der Waals surface area (Å²) in [6, 6.07) is 13.2. The number of rotatable bonds is 9. The molecule has 1 unspecified atom stereocenters. The first-order valence-corrected chi connectivity index (χ1v) is 12.5. The van der Waals surface area contributed by atoms with E-state index in [2.05, 4.69) is 47.9 Å². The van der Waals surface area contributed by atoms with Gasteiger partial charge in [-0.05, 0) is 36.4 Å². The average molecular weight is 482 g/mol. The molecule has 0 spiro atoms. The van der Waals surface area contributed by atoms with Crippen molar-refractivity contribution in [3.63, 3.8) is 0 Å². The Labute approximate surface area is 200 Å². The van der Waals surface area contributed by atoms with Crippen LogP contribution in [0.15, 0.2) is 60.0 Å². The molecule has 4 rings (SSSR count). The molecule has 1 amide bonds. The summed E-state index contributed by atoms with van der Waals surface area (Å²) in [5, 5.41) is 9.45. The van der Waals surface area contributed by atoms with Crippen LogP contribution in [-0.4, -0.2) is 70.7 Å².